The van der Waals surface area contributed by atoms with Crippen molar-refractivity contribution in [2.75, 3.05) is 49.9 Å². The predicted molar refractivity (Wildman–Crippen MR) is 99.9 cm³/mol. The second-order valence-corrected chi connectivity index (χ2v) is 6.91. The molecule has 136 valence electrons. The van der Waals surface area contributed by atoms with Gasteiger partial charge in [0, 0.05) is 26.2 Å². The molecular weight excluding hydrogens is 318 g/mol. The largest absolute Gasteiger partial charge is 0.739 e. The van der Waals surface area contributed by atoms with Crippen LogP contribution in [0.3, 0.4) is 0 Å². The summed E-state index contributed by atoms with van der Waals surface area (Å²) in [6.45, 7) is 5.36. The Morgan fingerprint density at radius 2 is 1.88 bits per heavy atom. The summed E-state index contributed by atoms with van der Waals surface area (Å²) < 4.78 is 5.36. The van der Waals surface area contributed by atoms with Crippen molar-refractivity contribution in [2.45, 2.75) is 32.1 Å². The lowest BCUT2D eigenvalue weighted by Gasteiger charge is -2.39. The van der Waals surface area contributed by atoms with Crippen molar-refractivity contribution in [1.82, 2.24) is 10.3 Å². The van der Waals surface area contributed by atoms with Gasteiger partial charge in [-0.3, -0.25) is 15.3 Å². The van der Waals surface area contributed by atoms with E-state index in [4.69, 9.17) is 4.74 Å². The molecule has 0 saturated carbocycles. The average Bonchev–Trinajstić information content (AvgIpc) is 2.65. The average molecular weight is 344 g/mol. The maximum atomic E-state index is 12.3. The van der Waals surface area contributed by atoms with Crippen molar-refractivity contribution in [3.8, 4) is 0 Å². The normalized spacial score (nSPS) is 22.1. The summed E-state index contributed by atoms with van der Waals surface area (Å²) in [7, 11) is 0. The van der Waals surface area contributed by atoms with Crippen LogP contribution in [0.15, 0.2) is 17.1 Å². The fourth-order valence-electron chi connectivity index (χ4n) is 3.74. The number of fused-ring (bicyclic) bond motifs is 2. The van der Waals surface area contributed by atoms with Crippen molar-refractivity contribution in [2.24, 2.45) is 4.99 Å². The Labute approximate surface area is 148 Å². The molecule has 1 aromatic carbocycles. The molecule has 1 aromatic rings. The number of ether oxygens (including phenoxy) is 1. The van der Waals surface area contributed by atoms with Crippen LogP contribution in [-0.2, 0) is 17.6 Å². The van der Waals surface area contributed by atoms with Gasteiger partial charge >= 0.3 is 0 Å². The highest BCUT2D eigenvalue weighted by molar-refractivity contribution is 6.01. The summed E-state index contributed by atoms with van der Waals surface area (Å²) in [6, 6.07) is 4.14. The van der Waals surface area contributed by atoms with Crippen molar-refractivity contribution < 1.29 is 4.74 Å². The SMILES string of the molecule is [O-]N1NC(=NCCCN2CCOCC2)Nc2cc3c(cc21)CCCC3. The number of morpholine rings is 1. The molecule has 1 aliphatic carbocycles. The van der Waals surface area contributed by atoms with Gasteiger partial charge in [0.1, 0.15) is 0 Å². The Hall–Kier alpha value is -1.83. The molecule has 0 aromatic heterocycles. The van der Waals surface area contributed by atoms with Gasteiger partial charge in [-0.05, 0) is 55.4 Å². The minimum absolute atomic E-state index is 0.542. The first-order chi connectivity index (χ1) is 12.3. The lowest BCUT2D eigenvalue weighted by Crippen LogP contribution is -2.46. The molecule has 7 nitrogen and oxygen atoms in total. The third kappa shape index (κ3) is 3.89. The summed E-state index contributed by atoms with van der Waals surface area (Å²) in [5, 5.41) is 16.4. The number of guanidine groups is 1. The first-order valence-electron chi connectivity index (χ1n) is 9.31. The molecule has 1 fully saturated rings. The lowest BCUT2D eigenvalue weighted by atomic mass is 9.90. The molecule has 25 heavy (non-hydrogen) atoms. The van der Waals surface area contributed by atoms with Crippen LogP contribution in [0.25, 0.3) is 0 Å². The summed E-state index contributed by atoms with van der Waals surface area (Å²) >= 11 is 0. The predicted octanol–water partition coefficient (Wildman–Crippen LogP) is 1.88. The summed E-state index contributed by atoms with van der Waals surface area (Å²) in [4.78, 5) is 6.92. The van der Waals surface area contributed by atoms with E-state index in [2.05, 4.69) is 26.7 Å². The molecular formula is C18H26N5O2-. The van der Waals surface area contributed by atoms with Crippen LogP contribution in [0, 0.1) is 5.21 Å². The smallest absolute Gasteiger partial charge is 0.214 e. The first kappa shape index (κ1) is 16.6. The fourth-order valence-corrected chi connectivity index (χ4v) is 3.74. The second-order valence-electron chi connectivity index (χ2n) is 6.91. The molecule has 2 aliphatic heterocycles. The summed E-state index contributed by atoms with van der Waals surface area (Å²) in [5.74, 6) is 0.542. The lowest BCUT2D eigenvalue weighted by molar-refractivity contribution is 0.0377. The van der Waals surface area contributed by atoms with E-state index in [1.165, 1.54) is 24.0 Å². The number of nitrogens with zero attached hydrogens (tertiary/aromatic N) is 3. The van der Waals surface area contributed by atoms with Crippen molar-refractivity contribution in [3.63, 3.8) is 0 Å². The van der Waals surface area contributed by atoms with Crippen molar-refractivity contribution in [1.29, 1.82) is 0 Å². The number of nitrogens with one attached hydrogen (secondary N) is 2. The topological polar surface area (TPSA) is 75.2 Å². The minimum atomic E-state index is 0.542. The molecule has 0 amide bonds. The Morgan fingerprint density at radius 3 is 2.68 bits per heavy atom. The fraction of sp³-hybridized carbons (Fsp3) is 0.611. The number of aryl methyl sites for hydroxylation is 2. The molecule has 2 heterocycles. The number of anilines is 2. The van der Waals surface area contributed by atoms with Crippen LogP contribution in [0.5, 0.6) is 0 Å². The number of benzene rings is 1. The van der Waals surface area contributed by atoms with Gasteiger partial charge in [-0.15, -0.1) is 0 Å². The van der Waals surface area contributed by atoms with Crippen LogP contribution < -0.4 is 15.9 Å². The number of rotatable bonds is 4. The van der Waals surface area contributed by atoms with Gasteiger partial charge in [0.15, 0.2) is 0 Å². The van der Waals surface area contributed by atoms with E-state index < -0.39 is 0 Å². The molecule has 0 bridgehead atoms. The molecule has 1 saturated heterocycles. The Morgan fingerprint density at radius 1 is 1.12 bits per heavy atom. The highest BCUT2D eigenvalue weighted by Crippen LogP contribution is 2.34. The third-order valence-electron chi connectivity index (χ3n) is 5.15. The Balaban J connectivity index is 1.36. The quantitative estimate of drug-likeness (QED) is 0.813. The molecule has 0 radical (unpaired) electrons. The van der Waals surface area contributed by atoms with E-state index in [0.717, 1.165) is 63.0 Å². The maximum Gasteiger partial charge on any atom is 0.214 e. The highest BCUT2D eigenvalue weighted by Gasteiger charge is 2.19. The van der Waals surface area contributed by atoms with Crippen molar-refractivity contribution in [3.05, 3.63) is 28.5 Å². The molecule has 3 aliphatic rings. The van der Waals surface area contributed by atoms with E-state index >= 15 is 0 Å². The summed E-state index contributed by atoms with van der Waals surface area (Å²) in [5.41, 5.74) is 6.99. The molecule has 0 unspecified atom stereocenters. The highest BCUT2D eigenvalue weighted by atomic mass is 16.5. The molecule has 4 rings (SSSR count). The van der Waals surface area contributed by atoms with Gasteiger partial charge in [0.05, 0.1) is 24.6 Å². The van der Waals surface area contributed by atoms with Gasteiger partial charge in [-0.1, -0.05) is 0 Å². The van der Waals surface area contributed by atoms with Crippen LogP contribution in [0.2, 0.25) is 0 Å². The Bertz CT molecular complexity index is 643. The molecule has 0 spiro atoms. The van der Waals surface area contributed by atoms with Crippen LogP contribution in [0.4, 0.5) is 11.4 Å². The molecule has 7 heteroatoms. The van der Waals surface area contributed by atoms with E-state index in [-0.39, 0.29) is 0 Å². The van der Waals surface area contributed by atoms with E-state index in [1.807, 2.05) is 6.07 Å². The van der Waals surface area contributed by atoms with E-state index in [0.29, 0.717) is 18.2 Å². The minimum Gasteiger partial charge on any atom is -0.739 e. The van der Waals surface area contributed by atoms with Crippen LogP contribution in [-0.4, -0.2) is 50.3 Å². The van der Waals surface area contributed by atoms with Gasteiger partial charge in [0.25, 0.3) is 0 Å². The van der Waals surface area contributed by atoms with Gasteiger partial charge in [-0.2, -0.15) is 0 Å². The molecule has 0 atom stereocenters. The zero-order chi connectivity index (χ0) is 17.1. The number of aliphatic imine (C=N–C) groups is 1. The van der Waals surface area contributed by atoms with Crippen LogP contribution in [0.1, 0.15) is 30.4 Å². The summed E-state index contributed by atoms with van der Waals surface area (Å²) in [6.07, 6.45) is 5.58. The van der Waals surface area contributed by atoms with Crippen LogP contribution >= 0.6 is 0 Å². The van der Waals surface area contributed by atoms with E-state index in [1.54, 1.807) is 0 Å². The number of hydrogen-bond acceptors (Lipinski definition) is 5. The van der Waals surface area contributed by atoms with Gasteiger partial charge in [-0.25, -0.2) is 0 Å². The number of hydrogen-bond donors (Lipinski definition) is 2. The number of hydrazine groups is 1. The van der Waals surface area contributed by atoms with Crippen molar-refractivity contribution >= 4 is 17.3 Å². The second kappa shape index (κ2) is 7.59. The first-order valence-corrected chi connectivity index (χ1v) is 9.31. The zero-order valence-electron chi connectivity index (χ0n) is 14.6. The zero-order valence-corrected chi connectivity index (χ0v) is 14.6. The third-order valence-corrected chi connectivity index (χ3v) is 5.15. The molecule has 2 N–H and O–H groups in total. The monoisotopic (exact) mass is 344 g/mol. The maximum absolute atomic E-state index is 12.3. The van der Waals surface area contributed by atoms with E-state index in [9.17, 15) is 5.21 Å². The van der Waals surface area contributed by atoms with Gasteiger partial charge < -0.3 is 20.4 Å². The Kier molecular flexibility index (Phi) is 5.05. The standard InChI is InChI=1S/C18H26N5O2/c24-23-17-13-15-5-2-1-4-14(15)12-16(17)20-18(21-23)19-6-3-7-22-8-10-25-11-9-22/h12-13H,1-11H2,(H2,19,20,21)/q-1. The van der Waals surface area contributed by atoms with Gasteiger partial charge in [0.2, 0.25) is 5.96 Å².